The van der Waals surface area contributed by atoms with Crippen molar-refractivity contribution >= 4 is 11.6 Å². The topological polar surface area (TPSA) is 52.6 Å². The highest BCUT2D eigenvalue weighted by Crippen LogP contribution is 2.30. The van der Waals surface area contributed by atoms with E-state index in [0.717, 1.165) is 50.8 Å². The van der Waals surface area contributed by atoms with Crippen LogP contribution >= 0.6 is 0 Å². The molecule has 0 bridgehead atoms. The molecule has 0 unspecified atom stereocenters. The first kappa shape index (κ1) is 14.5. The molecule has 2 aliphatic rings. The first-order chi connectivity index (χ1) is 10.2. The summed E-state index contributed by atoms with van der Waals surface area (Å²) in [5.41, 5.74) is 1.75. The summed E-state index contributed by atoms with van der Waals surface area (Å²) in [6.07, 6.45) is 6.01. The molecule has 3 rings (SSSR count). The molecule has 1 fully saturated rings. The average molecular weight is 288 g/mol. The van der Waals surface area contributed by atoms with Crippen molar-refractivity contribution in [3.05, 3.63) is 29.8 Å². The highest BCUT2D eigenvalue weighted by molar-refractivity contribution is 5.95. The number of fused-ring (bicyclic) bond motifs is 1. The fraction of sp³-hybridized carbons (Fsp3) is 0.588. The number of carbonyl (C=O) groups excluding carboxylic acids is 1. The van der Waals surface area contributed by atoms with Crippen LogP contribution in [0.4, 0.5) is 5.69 Å². The molecule has 0 aromatic heterocycles. The van der Waals surface area contributed by atoms with Crippen molar-refractivity contribution in [3.63, 3.8) is 0 Å². The van der Waals surface area contributed by atoms with Gasteiger partial charge in [0.25, 0.3) is 0 Å². The summed E-state index contributed by atoms with van der Waals surface area (Å²) in [6, 6.07) is 8.19. The second-order valence-corrected chi connectivity index (χ2v) is 6.31. The first-order valence-corrected chi connectivity index (χ1v) is 7.99. The molecule has 1 saturated carbocycles. The molecule has 1 heterocycles. The lowest BCUT2D eigenvalue weighted by Crippen LogP contribution is -2.49. The minimum absolute atomic E-state index is 0.104. The van der Waals surface area contributed by atoms with Gasteiger partial charge in [0, 0.05) is 18.8 Å². The summed E-state index contributed by atoms with van der Waals surface area (Å²) in [6.45, 7) is 1.62. The van der Waals surface area contributed by atoms with Crippen molar-refractivity contribution in [1.29, 1.82) is 0 Å². The maximum Gasteiger partial charge on any atom is 0.240 e. The third kappa shape index (κ3) is 3.27. The average Bonchev–Trinajstić information content (AvgIpc) is 2.67. The number of nitrogens with one attached hydrogen (secondary N) is 1. The normalized spacial score (nSPS) is 20.3. The lowest BCUT2D eigenvalue weighted by molar-refractivity contribution is -0.118. The fourth-order valence-electron chi connectivity index (χ4n) is 3.21. The Morgan fingerprint density at radius 2 is 2.05 bits per heavy atom. The van der Waals surface area contributed by atoms with Crippen molar-refractivity contribution in [2.75, 3.05) is 24.5 Å². The Hall–Kier alpha value is -1.39. The minimum atomic E-state index is -0.572. The Balaban J connectivity index is 1.61. The van der Waals surface area contributed by atoms with Crippen molar-refractivity contribution < 1.29 is 9.90 Å². The second-order valence-electron chi connectivity index (χ2n) is 6.31. The number of amides is 1. The van der Waals surface area contributed by atoms with E-state index in [1.165, 1.54) is 5.56 Å². The summed E-state index contributed by atoms with van der Waals surface area (Å²) in [5.74, 6) is 0.104. The van der Waals surface area contributed by atoms with Crippen LogP contribution in [0, 0.1) is 0 Å². The van der Waals surface area contributed by atoms with Crippen LogP contribution in [0.2, 0.25) is 0 Å². The number of aliphatic hydroxyl groups is 1. The SMILES string of the molecule is O=C(CNCC1(O)CCC1)N1CCCCc2ccccc21. The standard InChI is InChI=1S/C17H24N2O2/c20-16(12-18-13-17(21)9-5-10-17)19-11-4-3-7-14-6-1-2-8-15(14)19/h1-2,6,8,18,21H,3-5,7,9-13H2. The zero-order valence-electron chi connectivity index (χ0n) is 12.5. The summed E-state index contributed by atoms with van der Waals surface area (Å²) in [4.78, 5) is 14.4. The Labute approximate surface area is 126 Å². The quantitative estimate of drug-likeness (QED) is 0.889. The van der Waals surface area contributed by atoms with Gasteiger partial charge in [-0.05, 0) is 50.2 Å². The van der Waals surface area contributed by atoms with Crippen LogP contribution in [0.25, 0.3) is 0 Å². The van der Waals surface area contributed by atoms with Gasteiger partial charge in [-0.2, -0.15) is 0 Å². The molecular weight excluding hydrogens is 264 g/mol. The van der Waals surface area contributed by atoms with Gasteiger partial charge < -0.3 is 15.3 Å². The van der Waals surface area contributed by atoms with E-state index in [2.05, 4.69) is 11.4 Å². The molecule has 1 aliphatic heterocycles. The third-order valence-corrected chi connectivity index (χ3v) is 4.68. The molecule has 4 heteroatoms. The summed E-state index contributed by atoms with van der Waals surface area (Å²) in [5, 5.41) is 13.2. The smallest absolute Gasteiger partial charge is 0.240 e. The van der Waals surface area contributed by atoms with Gasteiger partial charge in [-0.25, -0.2) is 0 Å². The summed E-state index contributed by atoms with van der Waals surface area (Å²) < 4.78 is 0. The van der Waals surface area contributed by atoms with Gasteiger partial charge in [0.15, 0.2) is 0 Å². The van der Waals surface area contributed by atoms with Crippen LogP contribution in [-0.4, -0.2) is 36.2 Å². The zero-order valence-corrected chi connectivity index (χ0v) is 12.5. The van der Waals surface area contributed by atoms with Gasteiger partial charge in [-0.3, -0.25) is 4.79 Å². The maximum atomic E-state index is 12.5. The van der Waals surface area contributed by atoms with Crippen molar-refractivity contribution in [3.8, 4) is 0 Å². The molecular formula is C17H24N2O2. The van der Waals surface area contributed by atoms with Gasteiger partial charge in [0.2, 0.25) is 5.91 Å². The molecule has 1 amide bonds. The number of benzene rings is 1. The maximum absolute atomic E-state index is 12.5. The molecule has 1 aromatic carbocycles. The Bertz CT molecular complexity index is 511. The molecule has 4 nitrogen and oxygen atoms in total. The number of para-hydroxylation sites is 1. The van der Waals surface area contributed by atoms with E-state index in [-0.39, 0.29) is 5.91 Å². The Kier molecular flexibility index (Phi) is 4.27. The van der Waals surface area contributed by atoms with E-state index >= 15 is 0 Å². The third-order valence-electron chi connectivity index (χ3n) is 4.68. The molecule has 2 N–H and O–H groups in total. The molecule has 1 aliphatic carbocycles. The lowest BCUT2D eigenvalue weighted by atomic mass is 9.80. The number of carbonyl (C=O) groups is 1. The molecule has 114 valence electrons. The van der Waals surface area contributed by atoms with Crippen LogP contribution < -0.4 is 10.2 Å². The van der Waals surface area contributed by atoms with Crippen LogP contribution in [0.1, 0.15) is 37.7 Å². The number of aryl methyl sites for hydroxylation is 1. The minimum Gasteiger partial charge on any atom is -0.389 e. The number of anilines is 1. The fourth-order valence-corrected chi connectivity index (χ4v) is 3.21. The van der Waals surface area contributed by atoms with Gasteiger partial charge in [0.05, 0.1) is 12.1 Å². The summed E-state index contributed by atoms with van der Waals surface area (Å²) in [7, 11) is 0. The van der Waals surface area contributed by atoms with Gasteiger partial charge in [0.1, 0.15) is 0 Å². The lowest BCUT2D eigenvalue weighted by Gasteiger charge is -2.36. The predicted octanol–water partition coefficient (Wildman–Crippen LogP) is 1.86. The molecule has 0 radical (unpaired) electrons. The number of hydrogen-bond acceptors (Lipinski definition) is 3. The van der Waals surface area contributed by atoms with Crippen LogP contribution in [0.5, 0.6) is 0 Å². The van der Waals surface area contributed by atoms with Crippen LogP contribution in [-0.2, 0) is 11.2 Å². The second kappa shape index (κ2) is 6.16. The van der Waals surface area contributed by atoms with E-state index in [9.17, 15) is 9.90 Å². The van der Waals surface area contributed by atoms with Gasteiger partial charge in [-0.1, -0.05) is 18.2 Å². The van der Waals surface area contributed by atoms with Crippen molar-refractivity contribution in [1.82, 2.24) is 5.32 Å². The van der Waals surface area contributed by atoms with Gasteiger partial charge in [-0.15, -0.1) is 0 Å². The Morgan fingerprint density at radius 1 is 1.24 bits per heavy atom. The molecule has 1 aromatic rings. The monoisotopic (exact) mass is 288 g/mol. The van der Waals surface area contributed by atoms with Crippen LogP contribution in [0.15, 0.2) is 24.3 Å². The van der Waals surface area contributed by atoms with Gasteiger partial charge >= 0.3 is 0 Å². The number of nitrogens with zero attached hydrogens (tertiary/aromatic N) is 1. The Morgan fingerprint density at radius 3 is 2.81 bits per heavy atom. The van der Waals surface area contributed by atoms with E-state index < -0.39 is 5.60 Å². The van der Waals surface area contributed by atoms with Crippen molar-refractivity contribution in [2.24, 2.45) is 0 Å². The molecule has 0 spiro atoms. The predicted molar refractivity (Wildman–Crippen MR) is 83.4 cm³/mol. The number of hydrogen-bond donors (Lipinski definition) is 2. The van der Waals surface area contributed by atoms with E-state index in [4.69, 9.17) is 0 Å². The molecule has 0 saturated heterocycles. The highest BCUT2D eigenvalue weighted by Gasteiger charge is 2.34. The molecule has 0 atom stereocenters. The van der Waals surface area contributed by atoms with E-state index in [1.807, 2.05) is 23.1 Å². The summed E-state index contributed by atoms with van der Waals surface area (Å²) >= 11 is 0. The van der Waals surface area contributed by atoms with Crippen molar-refractivity contribution in [2.45, 2.75) is 44.1 Å². The molecule has 21 heavy (non-hydrogen) atoms. The van der Waals surface area contributed by atoms with Crippen LogP contribution in [0.3, 0.4) is 0 Å². The highest BCUT2D eigenvalue weighted by atomic mass is 16.3. The first-order valence-electron chi connectivity index (χ1n) is 7.99. The largest absolute Gasteiger partial charge is 0.389 e. The zero-order chi connectivity index (χ0) is 14.7. The number of rotatable bonds is 4. The van der Waals surface area contributed by atoms with E-state index in [0.29, 0.717) is 13.1 Å². The van der Waals surface area contributed by atoms with E-state index in [1.54, 1.807) is 0 Å².